The number of nitrogens with zero attached hydrogens (tertiary/aromatic N) is 3. The van der Waals surface area contributed by atoms with Crippen LogP contribution in [0.1, 0.15) is 25.1 Å². The van der Waals surface area contributed by atoms with Gasteiger partial charge in [0.05, 0.1) is 6.10 Å². The van der Waals surface area contributed by atoms with E-state index in [2.05, 4.69) is 15.4 Å². The number of hydrogen-bond donors (Lipinski definition) is 1. The molecule has 1 heterocycles. The Labute approximate surface area is 146 Å². The maximum Gasteiger partial charge on any atom is 0.190 e. The molecule has 2 aromatic carbocycles. The molecule has 126 valence electrons. The van der Waals surface area contributed by atoms with Crippen molar-refractivity contribution in [3.63, 3.8) is 0 Å². The average molecular weight is 334 g/mol. The zero-order valence-corrected chi connectivity index (χ0v) is 14.1. The molecule has 25 heavy (non-hydrogen) atoms. The van der Waals surface area contributed by atoms with Crippen LogP contribution in [-0.2, 0) is 6.61 Å². The number of aromatic amines is 1. The summed E-state index contributed by atoms with van der Waals surface area (Å²) >= 11 is 0. The quantitative estimate of drug-likeness (QED) is 0.743. The molecule has 1 N–H and O–H groups in total. The molecule has 0 amide bonds. The number of aromatic nitrogens is 3. The standard InChI is InChI=1S/C19H18N4O2/c1-13(2)25-18-9-4-3-8-17(18)24-12-14-6-5-7-15(10-14)19-16(11-20)21-23-22-19/h3-10,13H,12H2,1-2H3,(H,21,22,23). The molecule has 0 fully saturated rings. The molecule has 1 aromatic heterocycles. The monoisotopic (exact) mass is 334 g/mol. The first-order valence-corrected chi connectivity index (χ1v) is 7.96. The highest BCUT2D eigenvalue weighted by Gasteiger charge is 2.11. The van der Waals surface area contributed by atoms with Gasteiger partial charge in [0.25, 0.3) is 0 Å². The highest BCUT2D eigenvalue weighted by Crippen LogP contribution is 2.28. The Hall–Kier alpha value is -3.33. The van der Waals surface area contributed by atoms with E-state index in [1.54, 1.807) is 0 Å². The van der Waals surface area contributed by atoms with Crippen molar-refractivity contribution in [3.05, 3.63) is 59.8 Å². The lowest BCUT2D eigenvalue weighted by Gasteiger charge is -2.15. The maximum absolute atomic E-state index is 9.08. The minimum atomic E-state index is 0.0737. The number of ether oxygens (including phenoxy) is 2. The summed E-state index contributed by atoms with van der Waals surface area (Å²) < 4.78 is 11.7. The zero-order chi connectivity index (χ0) is 17.6. The minimum absolute atomic E-state index is 0.0737. The fraction of sp³-hybridized carbons (Fsp3) is 0.211. The Kier molecular flexibility index (Phi) is 4.95. The van der Waals surface area contributed by atoms with E-state index in [1.807, 2.05) is 68.4 Å². The topological polar surface area (TPSA) is 83.8 Å². The minimum Gasteiger partial charge on any atom is -0.487 e. The van der Waals surface area contributed by atoms with E-state index in [9.17, 15) is 0 Å². The molecule has 3 rings (SSSR count). The molecule has 3 aromatic rings. The lowest BCUT2D eigenvalue weighted by atomic mass is 10.1. The number of H-pyrrole nitrogens is 1. The summed E-state index contributed by atoms with van der Waals surface area (Å²) in [6.45, 7) is 4.34. The summed E-state index contributed by atoms with van der Waals surface area (Å²) in [4.78, 5) is 0. The molecule has 0 unspecified atom stereocenters. The van der Waals surface area contributed by atoms with Gasteiger partial charge in [-0.1, -0.05) is 30.3 Å². The van der Waals surface area contributed by atoms with Gasteiger partial charge in [-0.05, 0) is 37.6 Å². The Balaban J connectivity index is 1.77. The zero-order valence-electron chi connectivity index (χ0n) is 14.1. The number of benzene rings is 2. The Bertz CT molecular complexity index is 896. The second-order valence-electron chi connectivity index (χ2n) is 5.74. The van der Waals surface area contributed by atoms with Crippen molar-refractivity contribution in [2.75, 3.05) is 0 Å². The smallest absolute Gasteiger partial charge is 0.190 e. The van der Waals surface area contributed by atoms with Gasteiger partial charge in [-0.15, -0.1) is 5.10 Å². The van der Waals surface area contributed by atoms with Crippen LogP contribution in [-0.4, -0.2) is 21.5 Å². The second kappa shape index (κ2) is 7.49. The first-order valence-electron chi connectivity index (χ1n) is 7.96. The summed E-state index contributed by atoms with van der Waals surface area (Å²) in [5.74, 6) is 1.41. The molecule has 0 aliphatic rings. The van der Waals surface area contributed by atoms with Gasteiger partial charge < -0.3 is 9.47 Å². The van der Waals surface area contributed by atoms with Gasteiger partial charge >= 0.3 is 0 Å². The number of hydrogen-bond acceptors (Lipinski definition) is 5. The summed E-state index contributed by atoms with van der Waals surface area (Å²) in [5, 5.41) is 19.4. The van der Waals surface area contributed by atoms with Crippen LogP contribution in [0.2, 0.25) is 0 Å². The molecule has 0 aliphatic carbocycles. The third kappa shape index (κ3) is 3.96. The van der Waals surface area contributed by atoms with E-state index in [4.69, 9.17) is 14.7 Å². The molecular weight excluding hydrogens is 316 g/mol. The SMILES string of the molecule is CC(C)Oc1ccccc1OCc1cccc(-c2n[nH]nc2C#N)c1. The van der Waals surface area contributed by atoms with Crippen molar-refractivity contribution >= 4 is 0 Å². The Morgan fingerprint density at radius 2 is 1.88 bits per heavy atom. The van der Waals surface area contributed by atoms with E-state index in [1.165, 1.54) is 0 Å². The van der Waals surface area contributed by atoms with Crippen LogP contribution in [0.15, 0.2) is 48.5 Å². The molecular formula is C19H18N4O2. The molecule has 0 spiro atoms. The molecule has 0 aliphatic heterocycles. The molecule has 0 saturated heterocycles. The Morgan fingerprint density at radius 3 is 2.64 bits per heavy atom. The predicted octanol–water partition coefficient (Wildman–Crippen LogP) is 3.71. The third-order valence-electron chi connectivity index (χ3n) is 3.46. The van der Waals surface area contributed by atoms with Gasteiger partial charge in [-0.25, -0.2) is 0 Å². The molecule has 0 atom stereocenters. The van der Waals surface area contributed by atoms with Crippen molar-refractivity contribution in [2.45, 2.75) is 26.6 Å². The number of rotatable bonds is 6. The van der Waals surface area contributed by atoms with Crippen molar-refractivity contribution in [2.24, 2.45) is 0 Å². The first-order chi connectivity index (χ1) is 12.2. The van der Waals surface area contributed by atoms with E-state index in [0.29, 0.717) is 18.1 Å². The average Bonchev–Trinajstić information content (AvgIpc) is 3.09. The van der Waals surface area contributed by atoms with Gasteiger partial charge in [0, 0.05) is 5.56 Å². The first kappa shape index (κ1) is 16.5. The molecule has 6 nitrogen and oxygen atoms in total. The van der Waals surface area contributed by atoms with Crippen molar-refractivity contribution in [3.8, 4) is 28.8 Å². The van der Waals surface area contributed by atoms with Crippen molar-refractivity contribution in [1.29, 1.82) is 5.26 Å². The van der Waals surface area contributed by atoms with Gasteiger partial charge in [0.15, 0.2) is 17.2 Å². The van der Waals surface area contributed by atoms with Crippen LogP contribution in [0.4, 0.5) is 0 Å². The summed E-state index contributed by atoms with van der Waals surface area (Å²) in [7, 11) is 0. The van der Waals surface area contributed by atoms with Crippen molar-refractivity contribution < 1.29 is 9.47 Å². The third-order valence-corrected chi connectivity index (χ3v) is 3.46. The van der Waals surface area contributed by atoms with Crippen LogP contribution < -0.4 is 9.47 Å². The molecule has 0 radical (unpaired) electrons. The summed E-state index contributed by atoms with van der Waals surface area (Å²) in [5.41, 5.74) is 2.59. The van der Waals surface area contributed by atoms with Crippen molar-refractivity contribution in [1.82, 2.24) is 15.4 Å². The molecule has 0 bridgehead atoms. The van der Waals surface area contributed by atoms with Gasteiger partial charge in [0.2, 0.25) is 0 Å². The highest BCUT2D eigenvalue weighted by atomic mass is 16.5. The van der Waals surface area contributed by atoms with Crippen LogP contribution in [0.25, 0.3) is 11.3 Å². The van der Waals surface area contributed by atoms with Gasteiger partial charge in [0.1, 0.15) is 18.4 Å². The number of para-hydroxylation sites is 2. The second-order valence-corrected chi connectivity index (χ2v) is 5.74. The Morgan fingerprint density at radius 1 is 1.08 bits per heavy atom. The van der Waals surface area contributed by atoms with E-state index in [-0.39, 0.29) is 11.8 Å². The maximum atomic E-state index is 9.08. The van der Waals surface area contributed by atoms with Gasteiger partial charge in [-0.2, -0.15) is 15.6 Å². The van der Waals surface area contributed by atoms with Gasteiger partial charge in [-0.3, -0.25) is 0 Å². The summed E-state index contributed by atoms with van der Waals surface area (Å²) in [6.07, 6.45) is 0.0737. The lowest BCUT2D eigenvalue weighted by Crippen LogP contribution is -2.07. The molecule has 6 heteroatoms. The van der Waals surface area contributed by atoms with Crippen LogP contribution in [0, 0.1) is 11.3 Å². The van der Waals surface area contributed by atoms with E-state index < -0.39 is 0 Å². The lowest BCUT2D eigenvalue weighted by molar-refractivity contribution is 0.218. The fourth-order valence-electron chi connectivity index (χ4n) is 2.40. The predicted molar refractivity (Wildman–Crippen MR) is 93.1 cm³/mol. The van der Waals surface area contributed by atoms with E-state index >= 15 is 0 Å². The molecule has 0 saturated carbocycles. The summed E-state index contributed by atoms with van der Waals surface area (Å²) in [6, 6.07) is 17.3. The highest BCUT2D eigenvalue weighted by molar-refractivity contribution is 5.64. The number of nitriles is 1. The van der Waals surface area contributed by atoms with Crippen LogP contribution >= 0.6 is 0 Å². The van der Waals surface area contributed by atoms with Crippen LogP contribution in [0.3, 0.4) is 0 Å². The number of nitrogens with one attached hydrogen (secondary N) is 1. The largest absolute Gasteiger partial charge is 0.487 e. The van der Waals surface area contributed by atoms with E-state index in [0.717, 1.165) is 16.9 Å². The van der Waals surface area contributed by atoms with Crippen LogP contribution in [0.5, 0.6) is 11.5 Å². The normalized spacial score (nSPS) is 10.5. The fourth-order valence-corrected chi connectivity index (χ4v) is 2.40.